The first kappa shape index (κ1) is 42.0. The maximum absolute atomic E-state index is 13.7. The Morgan fingerprint density at radius 1 is 0.788 bits per heavy atom. The lowest BCUT2D eigenvalue weighted by molar-refractivity contribution is -0.192. The number of halogens is 3. The summed E-state index contributed by atoms with van der Waals surface area (Å²) in [4.78, 5) is 63.3. The van der Waals surface area contributed by atoms with Crippen LogP contribution in [-0.2, 0) is 25.7 Å². The number of alkyl halides is 3. The molecule has 11 N–H and O–H groups in total. The molecule has 0 heterocycles. The number of nitrogens with one attached hydrogen (secondary N) is 5. The number of urea groups is 1. The van der Waals surface area contributed by atoms with E-state index >= 15 is 0 Å². The van der Waals surface area contributed by atoms with Crippen LogP contribution in [0.3, 0.4) is 0 Å². The van der Waals surface area contributed by atoms with Crippen molar-refractivity contribution in [1.82, 2.24) is 26.6 Å². The van der Waals surface area contributed by atoms with Crippen molar-refractivity contribution in [2.75, 3.05) is 26.2 Å². The lowest BCUT2D eigenvalue weighted by Gasteiger charge is -2.23. The Morgan fingerprint density at radius 2 is 1.33 bits per heavy atom. The van der Waals surface area contributed by atoms with Gasteiger partial charge in [-0.3, -0.25) is 24.7 Å². The molecule has 0 saturated heterocycles. The SMILES string of the molecule is NCC(=O)NCCNC(=O)NC(N)=NCCC[C@@H](NC(=O)C(c1ccccc1)c1ccccc1)C(=O)NCc1ccc(O)cc1.O=C(O)C(F)(F)F. The van der Waals surface area contributed by atoms with Crippen LogP contribution in [0.5, 0.6) is 5.75 Å². The van der Waals surface area contributed by atoms with Crippen molar-refractivity contribution in [3.05, 3.63) is 102 Å². The maximum Gasteiger partial charge on any atom is 0.490 e. The summed E-state index contributed by atoms with van der Waals surface area (Å²) in [6, 6.07) is 23.6. The third kappa shape index (κ3) is 16.0. The summed E-state index contributed by atoms with van der Waals surface area (Å²) in [6.07, 6.45) is -4.47. The van der Waals surface area contributed by atoms with Crippen molar-refractivity contribution in [2.45, 2.75) is 37.5 Å². The second kappa shape index (κ2) is 21.8. The van der Waals surface area contributed by atoms with Crippen LogP contribution in [0.4, 0.5) is 18.0 Å². The van der Waals surface area contributed by atoms with Gasteiger partial charge in [0.15, 0.2) is 5.96 Å². The Bertz CT molecular complexity index is 1590. The highest BCUT2D eigenvalue weighted by atomic mass is 19.4. The highest BCUT2D eigenvalue weighted by Gasteiger charge is 2.38. The molecule has 0 aliphatic carbocycles. The summed E-state index contributed by atoms with van der Waals surface area (Å²) in [6.45, 7) is 0.608. The molecule has 0 bridgehead atoms. The lowest BCUT2D eigenvalue weighted by atomic mass is 9.90. The van der Waals surface area contributed by atoms with Gasteiger partial charge in [0.25, 0.3) is 0 Å². The minimum atomic E-state index is -5.08. The number of aliphatic carboxylic acids is 1. The number of carbonyl (C=O) groups is 5. The number of carboxylic acids is 1. The average Bonchev–Trinajstić information content (AvgIpc) is 3.11. The van der Waals surface area contributed by atoms with Crippen molar-refractivity contribution < 1.29 is 47.4 Å². The minimum Gasteiger partial charge on any atom is -0.508 e. The van der Waals surface area contributed by atoms with E-state index in [-0.39, 0.29) is 68.6 Å². The summed E-state index contributed by atoms with van der Waals surface area (Å²) >= 11 is 0. The lowest BCUT2D eigenvalue weighted by Crippen LogP contribution is -2.48. The van der Waals surface area contributed by atoms with Crippen LogP contribution in [0.25, 0.3) is 0 Å². The molecule has 0 saturated carbocycles. The maximum atomic E-state index is 13.7. The molecule has 3 aromatic rings. The Kier molecular flexibility index (Phi) is 17.6. The summed E-state index contributed by atoms with van der Waals surface area (Å²) in [5.41, 5.74) is 13.4. The quantitative estimate of drug-likeness (QED) is 0.0622. The van der Waals surface area contributed by atoms with Crippen LogP contribution in [0.15, 0.2) is 89.9 Å². The number of carboxylic acid groups (broad SMARTS) is 1. The van der Waals surface area contributed by atoms with Crippen LogP contribution in [0.2, 0.25) is 0 Å². The number of benzene rings is 3. The van der Waals surface area contributed by atoms with E-state index < -0.39 is 30.1 Å². The van der Waals surface area contributed by atoms with Crippen molar-refractivity contribution >= 4 is 35.7 Å². The number of phenols is 1. The van der Waals surface area contributed by atoms with Crippen molar-refractivity contribution in [3.63, 3.8) is 0 Å². The van der Waals surface area contributed by atoms with Crippen molar-refractivity contribution in [2.24, 2.45) is 16.5 Å². The number of guanidine groups is 1. The van der Waals surface area contributed by atoms with Crippen molar-refractivity contribution in [1.29, 1.82) is 0 Å². The van der Waals surface area contributed by atoms with Crippen LogP contribution < -0.4 is 38.1 Å². The zero-order chi connectivity index (χ0) is 38.5. The average molecular weight is 731 g/mol. The number of phenolic OH excluding ortho intramolecular Hbond substituents is 1. The number of aromatic hydroxyl groups is 1. The molecular weight excluding hydrogens is 689 g/mol. The molecule has 5 amide bonds. The first-order valence-electron chi connectivity index (χ1n) is 15.8. The predicted octanol–water partition coefficient (Wildman–Crippen LogP) is 1.43. The van der Waals surface area contributed by atoms with Crippen LogP contribution in [0.1, 0.15) is 35.4 Å². The number of hydrogen-bond acceptors (Lipinski definition) is 8. The molecule has 3 rings (SSSR count). The van der Waals surface area contributed by atoms with Gasteiger partial charge in [-0.1, -0.05) is 72.8 Å². The fourth-order valence-electron chi connectivity index (χ4n) is 4.38. The molecule has 18 heteroatoms. The summed E-state index contributed by atoms with van der Waals surface area (Å²) < 4.78 is 31.7. The second-order valence-electron chi connectivity index (χ2n) is 10.8. The monoisotopic (exact) mass is 730 g/mol. The predicted molar refractivity (Wildman–Crippen MR) is 185 cm³/mol. The van der Waals surface area contributed by atoms with E-state index in [0.29, 0.717) is 6.42 Å². The molecule has 0 spiro atoms. The van der Waals surface area contributed by atoms with Gasteiger partial charge < -0.3 is 42.9 Å². The number of aliphatic imine (C=N–C) groups is 1. The van der Waals surface area contributed by atoms with E-state index in [1.165, 1.54) is 12.1 Å². The number of amides is 5. The number of nitrogens with two attached hydrogens (primary N) is 2. The Hall–Kier alpha value is -6.17. The third-order valence-electron chi connectivity index (χ3n) is 6.90. The van der Waals surface area contributed by atoms with Gasteiger partial charge >= 0.3 is 18.2 Å². The molecule has 15 nitrogen and oxygen atoms in total. The zero-order valence-corrected chi connectivity index (χ0v) is 27.9. The molecule has 3 aromatic carbocycles. The molecule has 0 aliphatic rings. The van der Waals surface area contributed by atoms with Gasteiger partial charge in [0, 0.05) is 26.2 Å². The molecule has 0 radical (unpaired) electrons. The van der Waals surface area contributed by atoms with Crippen LogP contribution in [0, 0.1) is 0 Å². The molecule has 0 aliphatic heterocycles. The van der Waals surface area contributed by atoms with E-state index in [0.717, 1.165) is 16.7 Å². The standard InChI is InChI=1S/C32H40N8O5.C2HF3O2/c33-20-27(42)35-18-19-37-32(45)40-31(34)36-17-7-12-26(29(43)38-21-22-13-15-25(41)16-14-22)39-30(44)28(23-8-3-1-4-9-23)24-10-5-2-6-11-24;3-2(4,5)1(6)7/h1-6,8-11,13-16,26,28,41H,7,12,17-21,33H2,(H,35,42)(H,38,43)(H,39,44)(H4,34,36,37,40,45);(H,6,7)/t26-;/m1./s1. The molecular formula is C34H41F3N8O7. The number of carbonyl (C=O) groups excluding carboxylic acids is 4. The van der Waals surface area contributed by atoms with E-state index in [2.05, 4.69) is 31.6 Å². The number of hydrogen-bond donors (Lipinski definition) is 9. The normalized spacial score (nSPS) is 11.7. The van der Waals surface area contributed by atoms with Gasteiger partial charge in [0.05, 0.1) is 12.5 Å². The zero-order valence-electron chi connectivity index (χ0n) is 27.9. The van der Waals surface area contributed by atoms with Crippen LogP contribution >= 0.6 is 0 Å². The molecule has 0 unspecified atom stereocenters. The highest BCUT2D eigenvalue weighted by molar-refractivity contribution is 5.95. The highest BCUT2D eigenvalue weighted by Crippen LogP contribution is 2.25. The largest absolute Gasteiger partial charge is 0.508 e. The van der Waals surface area contributed by atoms with Gasteiger partial charge in [-0.15, -0.1) is 0 Å². The van der Waals surface area contributed by atoms with Gasteiger partial charge in [-0.05, 0) is 41.7 Å². The third-order valence-corrected chi connectivity index (χ3v) is 6.90. The molecule has 52 heavy (non-hydrogen) atoms. The Balaban J connectivity index is 0.00000121. The summed E-state index contributed by atoms with van der Waals surface area (Å²) in [5, 5.41) is 29.9. The van der Waals surface area contributed by atoms with Gasteiger partial charge in [-0.2, -0.15) is 13.2 Å². The minimum absolute atomic E-state index is 0.117. The fourth-order valence-corrected chi connectivity index (χ4v) is 4.38. The van der Waals surface area contributed by atoms with Crippen molar-refractivity contribution in [3.8, 4) is 5.75 Å². The Morgan fingerprint density at radius 3 is 1.85 bits per heavy atom. The fraction of sp³-hybridized carbons (Fsp3) is 0.294. The van der Waals surface area contributed by atoms with Gasteiger partial charge in [0.1, 0.15) is 11.8 Å². The first-order valence-corrected chi connectivity index (χ1v) is 15.8. The second-order valence-corrected chi connectivity index (χ2v) is 10.8. The van der Waals surface area contributed by atoms with E-state index in [1.807, 2.05) is 60.7 Å². The Labute approximate surface area is 297 Å². The molecule has 280 valence electrons. The van der Waals surface area contributed by atoms with E-state index in [9.17, 15) is 37.5 Å². The van der Waals surface area contributed by atoms with Crippen LogP contribution in [-0.4, -0.2) is 84.3 Å². The molecule has 0 fully saturated rings. The smallest absolute Gasteiger partial charge is 0.490 e. The summed E-state index contributed by atoms with van der Waals surface area (Å²) in [5.74, 6) is -4.45. The summed E-state index contributed by atoms with van der Waals surface area (Å²) in [7, 11) is 0. The number of nitrogens with zero attached hydrogens (tertiary/aromatic N) is 1. The van der Waals surface area contributed by atoms with Gasteiger partial charge in [0.2, 0.25) is 17.7 Å². The topological polar surface area (TPSA) is 250 Å². The first-order chi connectivity index (χ1) is 24.7. The van der Waals surface area contributed by atoms with E-state index in [4.69, 9.17) is 21.4 Å². The van der Waals surface area contributed by atoms with E-state index in [1.54, 1.807) is 12.1 Å². The molecule has 0 aromatic heterocycles. The van der Waals surface area contributed by atoms with Gasteiger partial charge in [-0.25, -0.2) is 9.59 Å². The number of rotatable bonds is 15. The molecule has 1 atom stereocenters.